The number of anilines is 1. The second-order valence-corrected chi connectivity index (χ2v) is 7.26. The van der Waals surface area contributed by atoms with Crippen molar-refractivity contribution >= 4 is 23.3 Å². The fourth-order valence-corrected chi connectivity index (χ4v) is 3.38. The molecule has 5 nitrogen and oxygen atoms in total. The molecule has 0 unspecified atom stereocenters. The summed E-state index contributed by atoms with van der Waals surface area (Å²) in [5, 5.41) is 5.16. The van der Waals surface area contributed by atoms with E-state index in [1.165, 1.54) is 6.07 Å². The van der Waals surface area contributed by atoms with Crippen LogP contribution in [0.5, 0.6) is 0 Å². The molecule has 0 spiro atoms. The molecule has 0 bridgehead atoms. The molecule has 1 heterocycles. The highest BCUT2D eigenvalue weighted by Crippen LogP contribution is 2.40. The minimum atomic E-state index is -1.09. The zero-order valence-corrected chi connectivity index (χ0v) is 13.9. The van der Waals surface area contributed by atoms with E-state index in [9.17, 15) is 23.2 Å². The number of nitrogens with one attached hydrogen (secondary N) is 2. The molecule has 2 aliphatic rings. The Morgan fingerprint density at radius 3 is 2.60 bits per heavy atom. The number of benzene rings is 1. The molecule has 0 fully saturated rings. The molecule has 132 valence electrons. The maximum absolute atomic E-state index is 13.3. The van der Waals surface area contributed by atoms with Crippen LogP contribution in [0.15, 0.2) is 29.5 Å². The Morgan fingerprint density at radius 1 is 1.20 bits per heavy atom. The molecule has 1 atom stereocenters. The van der Waals surface area contributed by atoms with Crippen molar-refractivity contribution in [2.75, 3.05) is 5.32 Å². The van der Waals surface area contributed by atoms with E-state index in [4.69, 9.17) is 0 Å². The SMILES string of the molecule is CC1(C)CC(=O)C2=C(C1)NC(=O)C[C@@H]2C(=O)Nc1ccc(F)c(F)c1. The van der Waals surface area contributed by atoms with Gasteiger partial charge in [-0.2, -0.15) is 0 Å². The summed E-state index contributed by atoms with van der Waals surface area (Å²) in [6.45, 7) is 3.84. The standard InChI is InChI=1S/C18H18F2N2O3/c1-18(2)7-13-16(14(23)8-18)10(6-15(24)22-13)17(25)21-9-3-4-11(19)12(20)5-9/h3-5,10H,6-8H2,1-2H3,(H,21,25)(H,22,24)/t10-/m0/s1. The van der Waals surface area contributed by atoms with Crippen LogP contribution in [0.2, 0.25) is 0 Å². The zero-order valence-electron chi connectivity index (χ0n) is 13.9. The summed E-state index contributed by atoms with van der Waals surface area (Å²) < 4.78 is 26.3. The molecule has 0 radical (unpaired) electrons. The van der Waals surface area contributed by atoms with Crippen molar-refractivity contribution < 1.29 is 23.2 Å². The average molecular weight is 348 g/mol. The Hall–Kier alpha value is -2.57. The van der Waals surface area contributed by atoms with Gasteiger partial charge < -0.3 is 10.6 Å². The molecule has 2 amide bonds. The van der Waals surface area contributed by atoms with Crippen LogP contribution in [0.25, 0.3) is 0 Å². The summed E-state index contributed by atoms with van der Waals surface area (Å²) in [7, 11) is 0. The number of allylic oxidation sites excluding steroid dienone is 1. The molecule has 0 saturated heterocycles. The first-order valence-electron chi connectivity index (χ1n) is 7.98. The number of hydrogen-bond acceptors (Lipinski definition) is 3. The van der Waals surface area contributed by atoms with Crippen molar-refractivity contribution in [3.05, 3.63) is 41.1 Å². The largest absolute Gasteiger partial charge is 0.329 e. The van der Waals surface area contributed by atoms with Gasteiger partial charge in [-0.25, -0.2) is 8.78 Å². The van der Waals surface area contributed by atoms with Crippen LogP contribution in [0.3, 0.4) is 0 Å². The lowest BCUT2D eigenvalue weighted by Crippen LogP contribution is -2.44. The van der Waals surface area contributed by atoms with Gasteiger partial charge in [0.05, 0.1) is 5.92 Å². The van der Waals surface area contributed by atoms with E-state index in [0.717, 1.165) is 12.1 Å². The van der Waals surface area contributed by atoms with Crippen molar-refractivity contribution in [3.8, 4) is 0 Å². The lowest BCUT2D eigenvalue weighted by Gasteiger charge is -2.37. The van der Waals surface area contributed by atoms with Crippen LogP contribution in [0.1, 0.15) is 33.1 Å². The molecule has 2 N–H and O–H groups in total. The maximum Gasteiger partial charge on any atom is 0.232 e. The van der Waals surface area contributed by atoms with E-state index < -0.39 is 23.5 Å². The van der Waals surface area contributed by atoms with Gasteiger partial charge in [-0.05, 0) is 24.0 Å². The number of halogens is 2. The van der Waals surface area contributed by atoms with Crippen molar-refractivity contribution in [1.82, 2.24) is 5.32 Å². The molecule has 0 aromatic heterocycles. The van der Waals surface area contributed by atoms with Crippen molar-refractivity contribution in [3.63, 3.8) is 0 Å². The second kappa shape index (κ2) is 6.06. The molecular weight excluding hydrogens is 330 g/mol. The Balaban J connectivity index is 1.89. The van der Waals surface area contributed by atoms with Gasteiger partial charge in [0.2, 0.25) is 11.8 Å². The fraction of sp³-hybridized carbons (Fsp3) is 0.389. The molecular formula is C18H18F2N2O3. The van der Waals surface area contributed by atoms with E-state index in [2.05, 4.69) is 10.6 Å². The summed E-state index contributed by atoms with van der Waals surface area (Å²) in [5.41, 5.74) is 0.587. The number of rotatable bonds is 2. The lowest BCUT2D eigenvalue weighted by molar-refractivity contribution is -0.129. The van der Waals surface area contributed by atoms with Gasteiger partial charge in [0.25, 0.3) is 0 Å². The van der Waals surface area contributed by atoms with E-state index in [0.29, 0.717) is 17.7 Å². The Kier molecular flexibility index (Phi) is 4.18. The lowest BCUT2D eigenvalue weighted by atomic mass is 9.71. The van der Waals surface area contributed by atoms with Crippen LogP contribution >= 0.6 is 0 Å². The first-order valence-corrected chi connectivity index (χ1v) is 7.98. The van der Waals surface area contributed by atoms with Gasteiger partial charge in [0.15, 0.2) is 17.4 Å². The summed E-state index contributed by atoms with van der Waals surface area (Å²) >= 11 is 0. The number of ketones is 1. The molecule has 0 saturated carbocycles. The highest BCUT2D eigenvalue weighted by molar-refractivity contribution is 6.09. The number of Topliss-reactive ketones (excluding diaryl/α,β-unsaturated/α-hetero) is 1. The third kappa shape index (κ3) is 3.45. The van der Waals surface area contributed by atoms with Crippen molar-refractivity contribution in [2.45, 2.75) is 33.1 Å². The number of carbonyl (C=O) groups excluding carboxylic acids is 3. The van der Waals surface area contributed by atoms with Gasteiger partial charge in [0.1, 0.15) is 0 Å². The van der Waals surface area contributed by atoms with Gasteiger partial charge in [-0.1, -0.05) is 13.8 Å². The monoisotopic (exact) mass is 348 g/mol. The Labute approximate surface area is 143 Å². The highest BCUT2D eigenvalue weighted by atomic mass is 19.2. The molecule has 1 aromatic carbocycles. The Morgan fingerprint density at radius 2 is 1.92 bits per heavy atom. The second-order valence-electron chi connectivity index (χ2n) is 7.26. The first kappa shape index (κ1) is 17.3. The highest BCUT2D eigenvalue weighted by Gasteiger charge is 2.42. The normalized spacial score (nSPS) is 22.3. The molecule has 25 heavy (non-hydrogen) atoms. The minimum absolute atomic E-state index is 0.0700. The summed E-state index contributed by atoms with van der Waals surface area (Å²) in [6.07, 6.45) is 0.631. The zero-order chi connectivity index (χ0) is 18.4. The van der Waals surface area contributed by atoms with E-state index >= 15 is 0 Å². The first-order chi connectivity index (χ1) is 11.7. The van der Waals surface area contributed by atoms with Crippen LogP contribution < -0.4 is 10.6 Å². The third-order valence-corrected chi connectivity index (χ3v) is 4.45. The average Bonchev–Trinajstić information content (AvgIpc) is 2.48. The number of hydrogen-bond donors (Lipinski definition) is 2. The summed E-state index contributed by atoms with van der Waals surface area (Å²) in [5.74, 6) is -4.13. The predicted octanol–water partition coefficient (Wildman–Crippen LogP) is 2.68. The van der Waals surface area contributed by atoms with Gasteiger partial charge in [-0.15, -0.1) is 0 Å². The fourth-order valence-electron chi connectivity index (χ4n) is 3.38. The van der Waals surface area contributed by atoms with Gasteiger partial charge in [0, 0.05) is 35.9 Å². The van der Waals surface area contributed by atoms with Gasteiger partial charge >= 0.3 is 0 Å². The topological polar surface area (TPSA) is 75.3 Å². The smallest absolute Gasteiger partial charge is 0.232 e. The van der Waals surface area contributed by atoms with E-state index in [1.807, 2.05) is 13.8 Å². The van der Waals surface area contributed by atoms with Crippen LogP contribution in [-0.4, -0.2) is 17.6 Å². The molecule has 1 aliphatic heterocycles. The number of amides is 2. The Bertz CT molecular complexity index is 815. The molecule has 1 aliphatic carbocycles. The predicted molar refractivity (Wildman–Crippen MR) is 86.3 cm³/mol. The quantitative estimate of drug-likeness (QED) is 0.863. The maximum atomic E-state index is 13.3. The van der Waals surface area contributed by atoms with E-state index in [-0.39, 0.29) is 35.6 Å². The molecule has 1 aromatic rings. The number of carbonyl (C=O) groups is 3. The van der Waals surface area contributed by atoms with Crippen LogP contribution in [-0.2, 0) is 14.4 Å². The molecule has 7 heteroatoms. The third-order valence-electron chi connectivity index (χ3n) is 4.45. The van der Waals surface area contributed by atoms with Crippen LogP contribution in [0.4, 0.5) is 14.5 Å². The van der Waals surface area contributed by atoms with Gasteiger partial charge in [-0.3, -0.25) is 14.4 Å². The summed E-state index contributed by atoms with van der Waals surface area (Å²) in [6, 6.07) is 2.98. The van der Waals surface area contributed by atoms with Crippen molar-refractivity contribution in [1.29, 1.82) is 0 Å². The molecule has 3 rings (SSSR count). The minimum Gasteiger partial charge on any atom is -0.329 e. The van der Waals surface area contributed by atoms with Crippen LogP contribution in [0, 0.1) is 23.0 Å². The van der Waals surface area contributed by atoms with E-state index in [1.54, 1.807) is 0 Å². The summed E-state index contributed by atoms with van der Waals surface area (Å²) in [4.78, 5) is 37.1. The van der Waals surface area contributed by atoms with Crippen molar-refractivity contribution in [2.24, 2.45) is 11.3 Å².